The van der Waals surface area contributed by atoms with Crippen LogP contribution in [0.15, 0.2) is 37.8 Å². The molecule has 1 aromatic rings. The molecule has 0 aromatic carbocycles. The molecule has 0 aliphatic heterocycles. The summed E-state index contributed by atoms with van der Waals surface area (Å²) < 4.78 is 0. The van der Waals surface area contributed by atoms with Gasteiger partial charge in [0.05, 0.1) is 6.33 Å². The second kappa shape index (κ2) is 5.65. The maximum absolute atomic E-state index is 11.4. The van der Waals surface area contributed by atoms with Crippen molar-refractivity contribution >= 4 is 11.8 Å². The molecule has 5 heteroatoms. The summed E-state index contributed by atoms with van der Waals surface area (Å²) >= 11 is 0. The van der Waals surface area contributed by atoms with E-state index in [1.54, 1.807) is 12.5 Å². The van der Waals surface area contributed by atoms with E-state index in [0.29, 0.717) is 6.42 Å². The van der Waals surface area contributed by atoms with E-state index in [4.69, 9.17) is 0 Å². The van der Waals surface area contributed by atoms with Crippen molar-refractivity contribution in [1.29, 1.82) is 0 Å². The molecule has 0 aliphatic carbocycles. The number of carbonyl (C=O) groups excluding carboxylic acids is 2. The minimum atomic E-state index is -0.426. The van der Waals surface area contributed by atoms with Crippen LogP contribution in [0, 0.1) is 0 Å². The molecule has 0 aliphatic rings. The van der Waals surface area contributed by atoms with Gasteiger partial charge in [-0.1, -0.05) is 13.2 Å². The average molecular weight is 219 g/mol. The summed E-state index contributed by atoms with van der Waals surface area (Å²) in [6, 6.07) is 0. The van der Waals surface area contributed by atoms with Gasteiger partial charge in [-0.3, -0.25) is 14.5 Å². The number of aromatic amines is 1. The molecule has 1 N–H and O–H groups in total. The normalized spacial score (nSPS) is 9.50. The van der Waals surface area contributed by atoms with Crippen molar-refractivity contribution in [2.45, 2.75) is 6.42 Å². The number of hydrogen-bond acceptors (Lipinski definition) is 3. The Morgan fingerprint density at radius 1 is 1.38 bits per heavy atom. The maximum atomic E-state index is 11.4. The molecular formula is C11H13N3O2. The number of carbonyl (C=O) groups is 2. The van der Waals surface area contributed by atoms with Gasteiger partial charge in [-0.05, 0) is 12.2 Å². The maximum Gasteiger partial charge on any atom is 0.252 e. The van der Waals surface area contributed by atoms with Crippen molar-refractivity contribution in [3.8, 4) is 0 Å². The molecule has 0 spiro atoms. The zero-order chi connectivity index (χ0) is 12.0. The van der Waals surface area contributed by atoms with Crippen LogP contribution >= 0.6 is 0 Å². The number of nitrogens with one attached hydrogen (secondary N) is 1. The molecule has 0 radical (unpaired) electrons. The van der Waals surface area contributed by atoms with E-state index < -0.39 is 11.8 Å². The minimum absolute atomic E-state index is 0.276. The lowest BCUT2D eigenvalue weighted by Gasteiger charge is -2.16. The van der Waals surface area contributed by atoms with Crippen molar-refractivity contribution in [3.63, 3.8) is 0 Å². The third-order valence-electron chi connectivity index (χ3n) is 2.04. The number of imidazole rings is 1. The van der Waals surface area contributed by atoms with Gasteiger partial charge in [0.2, 0.25) is 0 Å². The largest absolute Gasteiger partial charge is 0.348 e. The van der Waals surface area contributed by atoms with Gasteiger partial charge in [-0.2, -0.15) is 0 Å². The highest BCUT2D eigenvalue weighted by atomic mass is 16.2. The van der Waals surface area contributed by atoms with Gasteiger partial charge < -0.3 is 4.98 Å². The average Bonchev–Trinajstić information content (AvgIpc) is 2.81. The predicted molar refractivity (Wildman–Crippen MR) is 59.4 cm³/mol. The van der Waals surface area contributed by atoms with Gasteiger partial charge >= 0.3 is 0 Å². The molecule has 5 nitrogen and oxygen atoms in total. The lowest BCUT2D eigenvalue weighted by molar-refractivity contribution is -0.138. The molecule has 0 saturated heterocycles. The van der Waals surface area contributed by atoms with E-state index in [0.717, 1.165) is 22.7 Å². The number of amides is 2. The monoisotopic (exact) mass is 219 g/mol. The number of imide groups is 1. The summed E-state index contributed by atoms with van der Waals surface area (Å²) in [5, 5.41) is 0. The van der Waals surface area contributed by atoms with Gasteiger partial charge in [0, 0.05) is 24.9 Å². The molecule has 0 fully saturated rings. The second-order valence-corrected chi connectivity index (χ2v) is 3.06. The summed E-state index contributed by atoms with van der Waals surface area (Å²) in [6.07, 6.45) is 5.93. The Morgan fingerprint density at radius 2 is 2.00 bits per heavy atom. The Balaban J connectivity index is 2.64. The molecule has 0 saturated carbocycles. The molecule has 16 heavy (non-hydrogen) atoms. The van der Waals surface area contributed by atoms with Gasteiger partial charge in [0.1, 0.15) is 0 Å². The Hall–Kier alpha value is -2.17. The number of aromatic nitrogens is 2. The van der Waals surface area contributed by atoms with Crippen LogP contribution in [-0.4, -0.2) is 33.2 Å². The van der Waals surface area contributed by atoms with Crippen LogP contribution in [0.2, 0.25) is 0 Å². The van der Waals surface area contributed by atoms with Crippen LogP contribution in [0.25, 0.3) is 0 Å². The molecule has 1 aromatic heterocycles. The summed E-state index contributed by atoms with van der Waals surface area (Å²) in [7, 11) is 0. The molecule has 0 atom stereocenters. The first kappa shape index (κ1) is 11.9. The summed E-state index contributed by atoms with van der Waals surface area (Å²) in [4.78, 5) is 30.6. The highest BCUT2D eigenvalue weighted by Crippen LogP contribution is 1.99. The Bertz CT molecular complexity index is 375. The zero-order valence-corrected chi connectivity index (χ0v) is 8.85. The van der Waals surface area contributed by atoms with Crippen LogP contribution in [0.1, 0.15) is 5.69 Å². The first-order valence-corrected chi connectivity index (χ1v) is 4.76. The topological polar surface area (TPSA) is 66.1 Å². The first-order valence-electron chi connectivity index (χ1n) is 4.76. The molecule has 1 heterocycles. The van der Waals surface area contributed by atoms with Gasteiger partial charge in [0.25, 0.3) is 11.8 Å². The van der Waals surface area contributed by atoms with Crippen molar-refractivity contribution in [2.75, 3.05) is 6.54 Å². The Labute approximate surface area is 93.5 Å². The SMILES string of the molecule is C=CC(=O)N(CCc1cnc[nH]1)C(=O)C=C. The zero-order valence-electron chi connectivity index (χ0n) is 8.85. The van der Waals surface area contributed by atoms with Crippen LogP contribution in [-0.2, 0) is 16.0 Å². The molecular weight excluding hydrogens is 206 g/mol. The molecule has 84 valence electrons. The highest BCUT2D eigenvalue weighted by Gasteiger charge is 2.15. The van der Waals surface area contributed by atoms with Crippen molar-refractivity contribution in [3.05, 3.63) is 43.5 Å². The second-order valence-electron chi connectivity index (χ2n) is 3.06. The van der Waals surface area contributed by atoms with Gasteiger partial charge in [-0.25, -0.2) is 4.98 Å². The van der Waals surface area contributed by atoms with Crippen LogP contribution in [0.5, 0.6) is 0 Å². The number of rotatable bonds is 5. The number of nitrogens with zero attached hydrogens (tertiary/aromatic N) is 2. The third kappa shape index (κ3) is 2.91. The fourth-order valence-corrected chi connectivity index (χ4v) is 1.20. The predicted octanol–water partition coefficient (Wildman–Crippen LogP) is 0.679. The molecule has 1 rings (SSSR count). The van der Waals surface area contributed by atoms with Crippen LogP contribution in [0.3, 0.4) is 0 Å². The van der Waals surface area contributed by atoms with Gasteiger partial charge in [-0.15, -0.1) is 0 Å². The van der Waals surface area contributed by atoms with E-state index in [2.05, 4.69) is 23.1 Å². The Kier molecular flexibility index (Phi) is 4.20. The first-order chi connectivity index (χ1) is 7.69. The quantitative estimate of drug-likeness (QED) is 0.740. The standard InChI is InChI=1S/C11H13N3O2/c1-3-10(15)14(11(16)4-2)6-5-9-7-12-8-13-9/h3-4,7-8H,1-2,5-6H2,(H,12,13). The van der Waals surface area contributed by atoms with E-state index in [9.17, 15) is 9.59 Å². The van der Waals surface area contributed by atoms with E-state index >= 15 is 0 Å². The van der Waals surface area contributed by atoms with Crippen LogP contribution < -0.4 is 0 Å². The van der Waals surface area contributed by atoms with E-state index in [-0.39, 0.29) is 6.54 Å². The summed E-state index contributed by atoms with van der Waals surface area (Å²) in [5.41, 5.74) is 0.860. The van der Waals surface area contributed by atoms with Crippen molar-refractivity contribution in [2.24, 2.45) is 0 Å². The summed E-state index contributed by atoms with van der Waals surface area (Å²) in [6.45, 7) is 6.97. The van der Waals surface area contributed by atoms with Crippen molar-refractivity contribution < 1.29 is 9.59 Å². The van der Waals surface area contributed by atoms with Crippen LogP contribution in [0.4, 0.5) is 0 Å². The summed E-state index contributed by atoms with van der Waals surface area (Å²) in [5.74, 6) is -0.853. The molecule has 0 unspecified atom stereocenters. The van der Waals surface area contributed by atoms with E-state index in [1.807, 2.05) is 0 Å². The number of hydrogen-bond donors (Lipinski definition) is 1. The third-order valence-corrected chi connectivity index (χ3v) is 2.04. The minimum Gasteiger partial charge on any atom is -0.348 e. The lowest BCUT2D eigenvalue weighted by Crippen LogP contribution is -2.36. The van der Waals surface area contributed by atoms with Crippen molar-refractivity contribution in [1.82, 2.24) is 14.9 Å². The van der Waals surface area contributed by atoms with E-state index in [1.165, 1.54) is 0 Å². The Morgan fingerprint density at radius 3 is 2.44 bits per heavy atom. The van der Waals surface area contributed by atoms with Gasteiger partial charge in [0.15, 0.2) is 0 Å². The highest BCUT2D eigenvalue weighted by molar-refractivity contribution is 6.04. The fraction of sp³-hybridized carbons (Fsp3) is 0.182. The number of H-pyrrole nitrogens is 1. The lowest BCUT2D eigenvalue weighted by atomic mass is 10.3. The molecule has 0 bridgehead atoms. The smallest absolute Gasteiger partial charge is 0.252 e. The molecule has 2 amide bonds. The fourth-order valence-electron chi connectivity index (χ4n) is 1.20.